The predicted octanol–water partition coefficient (Wildman–Crippen LogP) is 5.59. The number of rotatable bonds is 9. The van der Waals surface area contributed by atoms with Crippen molar-refractivity contribution in [3.63, 3.8) is 0 Å². The molecule has 1 N–H and O–H groups in total. The van der Waals surface area contributed by atoms with E-state index in [4.69, 9.17) is 11.6 Å². The second-order valence-electron chi connectivity index (χ2n) is 7.44. The van der Waals surface area contributed by atoms with Crippen LogP contribution in [0.3, 0.4) is 0 Å². The van der Waals surface area contributed by atoms with E-state index >= 15 is 0 Å². The highest BCUT2D eigenvalue weighted by molar-refractivity contribution is 7.98. The summed E-state index contributed by atoms with van der Waals surface area (Å²) in [4.78, 5) is 23.5. The zero-order valence-corrected chi connectivity index (χ0v) is 19.6. The largest absolute Gasteiger partial charge is 0.355 e. The van der Waals surface area contributed by atoms with Crippen molar-refractivity contribution >= 4 is 35.1 Å². The van der Waals surface area contributed by atoms with Gasteiger partial charge in [-0.25, -0.2) is 9.97 Å². The number of anilines is 1. The Bertz CT molecular complexity index is 1020. The van der Waals surface area contributed by atoms with Crippen molar-refractivity contribution in [1.29, 1.82) is 0 Å². The van der Waals surface area contributed by atoms with Crippen LogP contribution in [0.5, 0.6) is 0 Å². The van der Waals surface area contributed by atoms with E-state index in [2.05, 4.69) is 34.3 Å². The highest BCUT2D eigenvalue weighted by atomic mass is 35.5. The number of hydrogen-bond donors (Lipinski definition) is 1. The molecule has 7 heteroatoms. The summed E-state index contributed by atoms with van der Waals surface area (Å²) in [5.74, 6) is 1.37. The smallest absolute Gasteiger partial charge is 0.251 e. The normalized spacial score (nSPS) is 11.7. The Balaban J connectivity index is 1.67. The first-order chi connectivity index (χ1) is 14.9. The van der Waals surface area contributed by atoms with Crippen LogP contribution in [-0.2, 0) is 12.3 Å². The lowest BCUT2D eigenvalue weighted by atomic mass is 10.1. The van der Waals surface area contributed by atoms with Crippen molar-refractivity contribution in [2.75, 3.05) is 11.9 Å². The highest BCUT2D eigenvalue weighted by Crippen LogP contribution is 2.25. The summed E-state index contributed by atoms with van der Waals surface area (Å²) in [5, 5.41) is 4.02. The fourth-order valence-electron chi connectivity index (χ4n) is 2.94. The van der Waals surface area contributed by atoms with E-state index in [9.17, 15) is 4.79 Å². The molecule has 2 aromatic carbocycles. The van der Waals surface area contributed by atoms with Crippen molar-refractivity contribution in [1.82, 2.24) is 15.3 Å². The maximum Gasteiger partial charge on any atom is 0.251 e. The van der Waals surface area contributed by atoms with Crippen molar-refractivity contribution in [2.45, 2.75) is 43.8 Å². The first kappa shape index (κ1) is 23.1. The number of halogens is 1. The molecule has 1 amide bonds. The monoisotopic (exact) mass is 454 g/mol. The van der Waals surface area contributed by atoms with Gasteiger partial charge in [0.05, 0.1) is 0 Å². The van der Waals surface area contributed by atoms with Gasteiger partial charge in [-0.2, -0.15) is 0 Å². The van der Waals surface area contributed by atoms with Crippen LogP contribution in [-0.4, -0.2) is 29.0 Å². The third-order valence-electron chi connectivity index (χ3n) is 4.86. The zero-order chi connectivity index (χ0) is 22.2. The van der Waals surface area contributed by atoms with Crippen LogP contribution < -0.4 is 10.2 Å². The number of thioether (sulfide) groups is 1. The number of nitrogens with one attached hydrogen (secondary N) is 1. The summed E-state index contributed by atoms with van der Waals surface area (Å²) in [5.41, 5.74) is 2.89. The molecule has 162 valence electrons. The number of carbonyl (C=O) groups excluding carboxylic acids is 1. The Labute approximate surface area is 193 Å². The number of carbonyl (C=O) groups is 1. The second kappa shape index (κ2) is 11.2. The Morgan fingerprint density at radius 3 is 2.58 bits per heavy atom. The average Bonchev–Trinajstić information content (AvgIpc) is 2.78. The third-order valence-corrected chi connectivity index (χ3v) is 5.97. The maximum atomic E-state index is 12.4. The topological polar surface area (TPSA) is 58.1 Å². The lowest BCUT2D eigenvalue weighted by molar-refractivity contribution is 0.0939. The molecule has 0 saturated carbocycles. The quantitative estimate of drug-likeness (QED) is 0.259. The Kier molecular flexibility index (Phi) is 8.32. The van der Waals surface area contributed by atoms with Gasteiger partial charge in [0.25, 0.3) is 5.91 Å². The predicted molar refractivity (Wildman–Crippen MR) is 129 cm³/mol. The Hall–Kier alpha value is -2.57. The van der Waals surface area contributed by atoms with Gasteiger partial charge in [-0.3, -0.25) is 4.79 Å². The third kappa shape index (κ3) is 6.97. The van der Waals surface area contributed by atoms with Crippen LogP contribution >= 0.6 is 23.4 Å². The van der Waals surface area contributed by atoms with Crippen LogP contribution in [0.25, 0.3) is 0 Å². The van der Waals surface area contributed by atoms with Crippen LogP contribution in [0.1, 0.15) is 41.8 Å². The van der Waals surface area contributed by atoms with E-state index in [1.165, 1.54) is 17.3 Å². The van der Waals surface area contributed by atoms with Gasteiger partial charge in [0.1, 0.15) is 11.0 Å². The highest BCUT2D eigenvalue weighted by Gasteiger charge is 2.11. The zero-order valence-electron chi connectivity index (χ0n) is 18.0. The molecule has 1 heterocycles. The van der Waals surface area contributed by atoms with Crippen LogP contribution in [0, 0.1) is 0 Å². The van der Waals surface area contributed by atoms with E-state index in [0.29, 0.717) is 21.6 Å². The van der Waals surface area contributed by atoms with Gasteiger partial charge in [0.2, 0.25) is 0 Å². The summed E-state index contributed by atoms with van der Waals surface area (Å²) in [6.45, 7) is 4.78. The SMILES string of the molecule is CCC(C)NC(=O)c1cccc(CSc2nc(Cl)cc(N(C)Cc3ccccc3)n2)c1. The van der Waals surface area contributed by atoms with Gasteiger partial charge >= 0.3 is 0 Å². The van der Waals surface area contributed by atoms with E-state index in [-0.39, 0.29) is 11.9 Å². The molecular weight excluding hydrogens is 428 g/mol. The van der Waals surface area contributed by atoms with Gasteiger partial charge in [-0.05, 0) is 36.6 Å². The molecule has 0 spiro atoms. The summed E-state index contributed by atoms with van der Waals surface area (Å²) in [7, 11) is 1.99. The minimum Gasteiger partial charge on any atom is -0.355 e. The Morgan fingerprint density at radius 1 is 1.10 bits per heavy atom. The van der Waals surface area contributed by atoms with Gasteiger partial charge < -0.3 is 10.2 Å². The van der Waals surface area contributed by atoms with Crippen molar-refractivity contribution in [3.05, 3.63) is 82.5 Å². The van der Waals surface area contributed by atoms with Crippen LogP contribution in [0.4, 0.5) is 5.82 Å². The molecule has 31 heavy (non-hydrogen) atoms. The number of nitrogens with zero attached hydrogens (tertiary/aromatic N) is 3. The fourth-order valence-corrected chi connectivity index (χ4v) is 3.97. The standard InChI is InChI=1S/C24H27ClN4OS/c1-4-17(2)26-23(30)20-12-8-11-19(13-20)16-31-24-27-21(25)14-22(28-24)29(3)15-18-9-6-5-7-10-18/h5-14,17H,4,15-16H2,1-3H3,(H,26,30). The molecule has 5 nitrogen and oxygen atoms in total. The number of benzene rings is 2. The van der Waals surface area contributed by atoms with Gasteiger partial charge in [0.15, 0.2) is 5.16 Å². The summed E-state index contributed by atoms with van der Waals surface area (Å²) >= 11 is 7.76. The molecule has 0 fully saturated rings. The second-order valence-corrected chi connectivity index (χ2v) is 8.77. The van der Waals surface area contributed by atoms with Crippen LogP contribution in [0.2, 0.25) is 5.15 Å². The fraction of sp³-hybridized carbons (Fsp3) is 0.292. The Morgan fingerprint density at radius 2 is 1.84 bits per heavy atom. The molecule has 0 saturated heterocycles. The van der Waals surface area contributed by atoms with Crippen LogP contribution in [0.15, 0.2) is 65.8 Å². The molecule has 1 atom stereocenters. The lowest BCUT2D eigenvalue weighted by Crippen LogP contribution is -2.31. The first-order valence-corrected chi connectivity index (χ1v) is 11.6. The van der Waals surface area contributed by atoms with E-state index in [0.717, 1.165) is 24.3 Å². The van der Waals surface area contributed by atoms with Gasteiger partial charge in [0, 0.05) is 37.0 Å². The molecular formula is C24H27ClN4OS. The summed E-state index contributed by atoms with van der Waals surface area (Å²) in [6.07, 6.45) is 0.897. The average molecular weight is 455 g/mol. The van der Waals surface area contributed by atoms with E-state index < -0.39 is 0 Å². The molecule has 0 aliphatic carbocycles. The number of amides is 1. The van der Waals surface area contributed by atoms with Gasteiger partial charge in [-0.1, -0.05) is 72.8 Å². The summed E-state index contributed by atoms with van der Waals surface area (Å²) in [6, 6.07) is 19.8. The molecule has 0 aliphatic heterocycles. The van der Waals surface area contributed by atoms with Crippen molar-refractivity contribution < 1.29 is 4.79 Å². The number of hydrogen-bond acceptors (Lipinski definition) is 5. The van der Waals surface area contributed by atoms with Crippen molar-refractivity contribution in [3.8, 4) is 0 Å². The molecule has 3 aromatic rings. The minimum atomic E-state index is -0.0509. The molecule has 1 aromatic heterocycles. The molecule has 0 bridgehead atoms. The molecule has 1 unspecified atom stereocenters. The first-order valence-electron chi connectivity index (χ1n) is 10.3. The lowest BCUT2D eigenvalue weighted by Gasteiger charge is -2.19. The van der Waals surface area contributed by atoms with E-state index in [1.807, 2.05) is 61.3 Å². The van der Waals surface area contributed by atoms with Gasteiger partial charge in [-0.15, -0.1) is 0 Å². The van der Waals surface area contributed by atoms with E-state index in [1.54, 1.807) is 6.07 Å². The molecule has 3 rings (SSSR count). The number of aromatic nitrogens is 2. The molecule has 0 aliphatic rings. The summed E-state index contributed by atoms with van der Waals surface area (Å²) < 4.78 is 0. The minimum absolute atomic E-state index is 0.0509. The molecule has 0 radical (unpaired) electrons. The van der Waals surface area contributed by atoms with Crippen molar-refractivity contribution in [2.24, 2.45) is 0 Å². The maximum absolute atomic E-state index is 12.4.